The molecule has 4 atom stereocenters. The molecule has 1 aliphatic heterocycles. The van der Waals surface area contributed by atoms with E-state index in [4.69, 9.17) is 15.2 Å². The Morgan fingerprint density at radius 2 is 2.05 bits per heavy atom. The molecule has 0 spiro atoms. The van der Waals surface area contributed by atoms with E-state index in [-0.39, 0.29) is 35.7 Å². The Morgan fingerprint density at radius 3 is 2.57 bits per heavy atom. The molecular weight excluding hydrogens is 268 g/mol. The number of carbonyl (C=O) groups excluding carboxylic acids is 1. The van der Waals surface area contributed by atoms with E-state index in [2.05, 4.69) is 19.2 Å². The molecule has 122 valence electrons. The zero-order valence-electron chi connectivity index (χ0n) is 13.6. The second-order valence-electron chi connectivity index (χ2n) is 6.24. The highest BCUT2D eigenvalue weighted by molar-refractivity contribution is 5.81. The molecule has 1 heterocycles. The highest BCUT2D eigenvalue weighted by Gasteiger charge is 2.54. The summed E-state index contributed by atoms with van der Waals surface area (Å²) in [6, 6.07) is 0.206. The van der Waals surface area contributed by atoms with Crippen LogP contribution in [-0.4, -0.2) is 43.4 Å². The number of carbonyl (C=O) groups is 1. The average Bonchev–Trinajstić information content (AvgIpc) is 2.96. The summed E-state index contributed by atoms with van der Waals surface area (Å²) in [6.07, 6.45) is 4.61. The molecule has 21 heavy (non-hydrogen) atoms. The van der Waals surface area contributed by atoms with Crippen LogP contribution in [0.15, 0.2) is 0 Å². The van der Waals surface area contributed by atoms with Gasteiger partial charge in [-0.05, 0) is 39.0 Å². The minimum absolute atomic E-state index is 0.0252. The minimum Gasteiger partial charge on any atom is -0.378 e. The van der Waals surface area contributed by atoms with Crippen molar-refractivity contribution in [2.45, 2.75) is 77.2 Å². The SMILES string of the molecule is CCOC1CC(NC(=O)[C@@H]2CC[C@H](CN)O2)C1(CC)CC. The third-order valence-corrected chi connectivity index (χ3v) is 5.45. The minimum atomic E-state index is -0.323. The highest BCUT2D eigenvalue weighted by atomic mass is 16.5. The van der Waals surface area contributed by atoms with E-state index in [1.54, 1.807) is 0 Å². The smallest absolute Gasteiger partial charge is 0.249 e. The lowest BCUT2D eigenvalue weighted by molar-refractivity contribution is -0.154. The second kappa shape index (κ2) is 7.07. The van der Waals surface area contributed by atoms with Gasteiger partial charge in [-0.25, -0.2) is 0 Å². The van der Waals surface area contributed by atoms with Crippen LogP contribution in [0.5, 0.6) is 0 Å². The molecule has 0 bridgehead atoms. The number of nitrogens with one attached hydrogen (secondary N) is 1. The van der Waals surface area contributed by atoms with Crippen LogP contribution in [-0.2, 0) is 14.3 Å². The lowest BCUT2D eigenvalue weighted by atomic mass is 9.58. The van der Waals surface area contributed by atoms with Gasteiger partial charge in [0.25, 0.3) is 0 Å². The molecule has 2 rings (SSSR count). The van der Waals surface area contributed by atoms with Crippen molar-refractivity contribution in [1.29, 1.82) is 0 Å². The van der Waals surface area contributed by atoms with Crippen LogP contribution in [0.4, 0.5) is 0 Å². The first-order valence-corrected chi connectivity index (χ1v) is 8.38. The Hall–Kier alpha value is -0.650. The van der Waals surface area contributed by atoms with Gasteiger partial charge < -0.3 is 20.5 Å². The van der Waals surface area contributed by atoms with Crippen molar-refractivity contribution in [1.82, 2.24) is 5.32 Å². The summed E-state index contributed by atoms with van der Waals surface area (Å²) in [6.45, 7) is 7.63. The van der Waals surface area contributed by atoms with E-state index in [1.165, 1.54) is 0 Å². The van der Waals surface area contributed by atoms with Gasteiger partial charge in [0, 0.05) is 24.6 Å². The fourth-order valence-corrected chi connectivity index (χ4v) is 3.92. The molecule has 1 amide bonds. The van der Waals surface area contributed by atoms with Crippen LogP contribution < -0.4 is 11.1 Å². The standard InChI is InChI=1S/C16H30N2O3/c1-4-16(5-2)13(9-14(16)20-6-3)18-15(19)12-8-7-11(10-17)21-12/h11-14H,4-10,17H2,1-3H3,(H,18,19)/t11-,12+,13?,14?/m1/s1. The molecule has 3 N–H and O–H groups in total. The quantitative estimate of drug-likeness (QED) is 0.748. The molecule has 5 heteroatoms. The van der Waals surface area contributed by atoms with Crippen molar-refractivity contribution >= 4 is 5.91 Å². The van der Waals surface area contributed by atoms with E-state index in [1.807, 2.05) is 6.92 Å². The van der Waals surface area contributed by atoms with Gasteiger partial charge in [-0.2, -0.15) is 0 Å². The summed E-state index contributed by atoms with van der Waals surface area (Å²) in [5.74, 6) is 0.0252. The maximum absolute atomic E-state index is 12.4. The molecule has 1 saturated carbocycles. The molecular formula is C16H30N2O3. The van der Waals surface area contributed by atoms with Gasteiger partial charge in [-0.1, -0.05) is 13.8 Å². The summed E-state index contributed by atoms with van der Waals surface area (Å²) in [5, 5.41) is 3.20. The van der Waals surface area contributed by atoms with Crippen molar-refractivity contribution in [2.75, 3.05) is 13.2 Å². The average molecular weight is 298 g/mol. The van der Waals surface area contributed by atoms with Gasteiger partial charge in [0.1, 0.15) is 6.10 Å². The Morgan fingerprint density at radius 1 is 1.33 bits per heavy atom. The monoisotopic (exact) mass is 298 g/mol. The molecule has 0 aromatic heterocycles. The molecule has 0 aromatic rings. The Balaban J connectivity index is 1.92. The van der Waals surface area contributed by atoms with Gasteiger partial charge in [0.05, 0.1) is 12.2 Å². The molecule has 0 aromatic carbocycles. The number of hydrogen-bond donors (Lipinski definition) is 2. The number of rotatable bonds is 7. The zero-order chi connectivity index (χ0) is 15.5. The molecule has 1 saturated heterocycles. The summed E-state index contributed by atoms with van der Waals surface area (Å²) < 4.78 is 11.5. The number of nitrogens with two attached hydrogens (primary N) is 1. The van der Waals surface area contributed by atoms with E-state index < -0.39 is 0 Å². The fourth-order valence-electron chi connectivity index (χ4n) is 3.92. The maximum Gasteiger partial charge on any atom is 0.249 e. The van der Waals surface area contributed by atoms with Crippen LogP contribution in [0.1, 0.15) is 52.9 Å². The van der Waals surface area contributed by atoms with E-state index >= 15 is 0 Å². The second-order valence-corrected chi connectivity index (χ2v) is 6.24. The van der Waals surface area contributed by atoms with Crippen molar-refractivity contribution in [2.24, 2.45) is 11.1 Å². The van der Waals surface area contributed by atoms with Crippen molar-refractivity contribution in [3.8, 4) is 0 Å². The predicted molar refractivity (Wildman–Crippen MR) is 81.9 cm³/mol. The summed E-state index contributed by atoms with van der Waals surface area (Å²) in [7, 11) is 0. The van der Waals surface area contributed by atoms with Crippen molar-refractivity contribution in [3.63, 3.8) is 0 Å². The largest absolute Gasteiger partial charge is 0.378 e. The number of ether oxygens (including phenoxy) is 2. The maximum atomic E-state index is 12.4. The van der Waals surface area contributed by atoms with Gasteiger partial charge in [-0.3, -0.25) is 4.79 Å². The van der Waals surface area contributed by atoms with E-state index in [9.17, 15) is 4.79 Å². The third-order valence-electron chi connectivity index (χ3n) is 5.45. The Kier molecular flexibility index (Phi) is 5.63. The topological polar surface area (TPSA) is 73.6 Å². The van der Waals surface area contributed by atoms with E-state index in [0.29, 0.717) is 6.54 Å². The van der Waals surface area contributed by atoms with Gasteiger partial charge >= 0.3 is 0 Å². The first kappa shape index (κ1) is 16.7. The first-order valence-electron chi connectivity index (χ1n) is 8.38. The molecule has 2 unspecified atom stereocenters. The third kappa shape index (κ3) is 3.10. The normalized spacial score (nSPS) is 34.5. The Bertz CT molecular complexity index is 357. The number of amides is 1. The molecule has 2 fully saturated rings. The van der Waals surface area contributed by atoms with Crippen LogP contribution in [0, 0.1) is 5.41 Å². The fraction of sp³-hybridized carbons (Fsp3) is 0.938. The summed E-state index contributed by atoms with van der Waals surface area (Å²) >= 11 is 0. The van der Waals surface area contributed by atoms with Crippen LogP contribution in [0.2, 0.25) is 0 Å². The number of hydrogen-bond acceptors (Lipinski definition) is 4. The molecule has 5 nitrogen and oxygen atoms in total. The van der Waals surface area contributed by atoms with Gasteiger partial charge in [0.2, 0.25) is 5.91 Å². The Labute approximate surface area is 127 Å². The van der Waals surface area contributed by atoms with Gasteiger partial charge in [0.15, 0.2) is 0 Å². The highest BCUT2D eigenvalue weighted by Crippen LogP contribution is 2.49. The van der Waals surface area contributed by atoms with Crippen LogP contribution in [0.25, 0.3) is 0 Å². The summed E-state index contributed by atoms with van der Waals surface area (Å²) in [5.41, 5.74) is 5.68. The van der Waals surface area contributed by atoms with Crippen molar-refractivity contribution in [3.05, 3.63) is 0 Å². The van der Waals surface area contributed by atoms with E-state index in [0.717, 1.165) is 38.7 Å². The lowest BCUT2D eigenvalue weighted by Crippen LogP contribution is -2.65. The zero-order valence-corrected chi connectivity index (χ0v) is 13.6. The van der Waals surface area contributed by atoms with Crippen LogP contribution in [0.3, 0.4) is 0 Å². The molecule has 1 aliphatic carbocycles. The van der Waals surface area contributed by atoms with Crippen molar-refractivity contribution < 1.29 is 14.3 Å². The summed E-state index contributed by atoms with van der Waals surface area (Å²) in [4.78, 5) is 12.4. The van der Waals surface area contributed by atoms with Crippen LogP contribution >= 0.6 is 0 Å². The van der Waals surface area contributed by atoms with Gasteiger partial charge in [-0.15, -0.1) is 0 Å². The molecule has 0 radical (unpaired) electrons. The lowest BCUT2D eigenvalue weighted by Gasteiger charge is -2.55. The predicted octanol–water partition coefficient (Wildman–Crippen LogP) is 1.59. The molecule has 2 aliphatic rings. The first-order chi connectivity index (χ1) is 10.1.